The van der Waals surface area contributed by atoms with Gasteiger partial charge >= 0.3 is 0 Å². The van der Waals surface area contributed by atoms with E-state index in [9.17, 15) is 5.11 Å². The van der Waals surface area contributed by atoms with Crippen molar-refractivity contribution in [2.75, 3.05) is 19.7 Å². The third-order valence-electron chi connectivity index (χ3n) is 4.65. The molecule has 1 aliphatic rings. The van der Waals surface area contributed by atoms with Gasteiger partial charge in [-0.2, -0.15) is 0 Å². The van der Waals surface area contributed by atoms with Gasteiger partial charge in [-0.3, -0.25) is 4.90 Å². The van der Waals surface area contributed by atoms with Crippen molar-refractivity contribution in [2.24, 2.45) is 5.92 Å². The second-order valence-electron chi connectivity index (χ2n) is 6.29. The van der Waals surface area contributed by atoms with E-state index in [2.05, 4.69) is 25.7 Å². The second kappa shape index (κ2) is 7.81. The molecule has 0 radical (unpaired) electrons. The smallest absolute Gasteiger partial charge is 0.119 e. The average molecular weight is 291 g/mol. The van der Waals surface area contributed by atoms with Crippen LogP contribution in [0.15, 0.2) is 24.3 Å². The van der Waals surface area contributed by atoms with E-state index in [1.54, 1.807) is 0 Å². The first-order valence-electron chi connectivity index (χ1n) is 8.26. The number of aliphatic hydroxyl groups is 1. The molecule has 1 N–H and O–H groups in total. The Morgan fingerprint density at radius 3 is 2.67 bits per heavy atom. The van der Waals surface area contributed by atoms with E-state index >= 15 is 0 Å². The van der Waals surface area contributed by atoms with E-state index in [4.69, 9.17) is 4.74 Å². The van der Waals surface area contributed by atoms with Gasteiger partial charge in [0, 0.05) is 12.6 Å². The lowest BCUT2D eigenvalue weighted by molar-refractivity contribution is 0.0513. The van der Waals surface area contributed by atoms with E-state index in [0.29, 0.717) is 6.04 Å². The van der Waals surface area contributed by atoms with Crippen molar-refractivity contribution in [1.82, 2.24) is 4.90 Å². The first kappa shape index (κ1) is 16.3. The number of likely N-dealkylation sites (tertiary alicyclic amines) is 1. The van der Waals surface area contributed by atoms with Crippen molar-refractivity contribution in [3.8, 4) is 5.75 Å². The van der Waals surface area contributed by atoms with Crippen LogP contribution in [-0.4, -0.2) is 35.7 Å². The molecule has 0 bridgehead atoms. The van der Waals surface area contributed by atoms with Gasteiger partial charge in [-0.05, 0) is 56.3 Å². The van der Waals surface area contributed by atoms with Gasteiger partial charge in [0.15, 0.2) is 0 Å². The molecule has 21 heavy (non-hydrogen) atoms. The Morgan fingerprint density at radius 2 is 2.00 bits per heavy atom. The fourth-order valence-corrected chi connectivity index (χ4v) is 3.01. The highest BCUT2D eigenvalue weighted by molar-refractivity contribution is 5.28. The predicted octanol–water partition coefficient (Wildman–Crippen LogP) is 3.63. The normalized spacial score (nSPS) is 24.8. The highest BCUT2D eigenvalue weighted by atomic mass is 16.5. The summed E-state index contributed by atoms with van der Waals surface area (Å²) in [6.45, 7) is 9.24. The molecular formula is C18H29NO2. The molecule has 1 aromatic rings. The molecule has 0 aromatic heterocycles. The zero-order chi connectivity index (χ0) is 15.2. The number of rotatable bonds is 6. The molecule has 3 nitrogen and oxygen atoms in total. The lowest BCUT2D eigenvalue weighted by Crippen LogP contribution is -2.44. The third kappa shape index (κ3) is 4.45. The molecule has 1 aliphatic heterocycles. The molecule has 1 saturated heterocycles. The molecule has 1 fully saturated rings. The van der Waals surface area contributed by atoms with E-state index in [-0.39, 0.29) is 0 Å². The van der Waals surface area contributed by atoms with Gasteiger partial charge in [0.2, 0.25) is 0 Å². The number of piperidine rings is 1. The van der Waals surface area contributed by atoms with Gasteiger partial charge < -0.3 is 9.84 Å². The predicted molar refractivity (Wildman–Crippen MR) is 86.6 cm³/mol. The van der Waals surface area contributed by atoms with Crippen LogP contribution in [0.1, 0.15) is 51.7 Å². The van der Waals surface area contributed by atoms with Crippen LogP contribution in [0.2, 0.25) is 0 Å². The summed E-state index contributed by atoms with van der Waals surface area (Å²) in [6.07, 6.45) is 3.13. The maximum absolute atomic E-state index is 10.5. The van der Waals surface area contributed by atoms with Gasteiger partial charge in [0.25, 0.3) is 0 Å². The summed E-state index contributed by atoms with van der Waals surface area (Å²) in [5.41, 5.74) is 0.976. The maximum Gasteiger partial charge on any atom is 0.119 e. The van der Waals surface area contributed by atoms with Crippen LogP contribution < -0.4 is 4.74 Å². The van der Waals surface area contributed by atoms with Gasteiger partial charge in [-0.15, -0.1) is 0 Å². The van der Waals surface area contributed by atoms with Gasteiger partial charge in [0.1, 0.15) is 5.75 Å². The molecule has 0 spiro atoms. The summed E-state index contributed by atoms with van der Waals surface area (Å²) >= 11 is 0. The molecule has 3 heteroatoms. The highest BCUT2D eigenvalue weighted by Gasteiger charge is 2.26. The first-order valence-corrected chi connectivity index (χ1v) is 8.26. The van der Waals surface area contributed by atoms with Gasteiger partial charge in [-0.1, -0.05) is 26.0 Å². The Balaban J connectivity index is 1.91. The van der Waals surface area contributed by atoms with E-state index < -0.39 is 6.10 Å². The molecule has 2 rings (SSSR count). The summed E-state index contributed by atoms with van der Waals surface area (Å²) in [4.78, 5) is 2.42. The largest absolute Gasteiger partial charge is 0.494 e. The van der Waals surface area contributed by atoms with Crippen LogP contribution in [-0.2, 0) is 0 Å². The van der Waals surface area contributed by atoms with Crippen LogP contribution in [0.3, 0.4) is 0 Å². The third-order valence-corrected chi connectivity index (χ3v) is 4.65. The minimum absolute atomic E-state index is 0.419. The van der Waals surface area contributed by atoms with Crippen LogP contribution in [0.5, 0.6) is 5.75 Å². The maximum atomic E-state index is 10.5. The van der Waals surface area contributed by atoms with Crippen LogP contribution in [0.25, 0.3) is 0 Å². The number of aliphatic hydroxyl groups excluding tert-OH is 1. The van der Waals surface area contributed by atoms with Crippen molar-refractivity contribution in [1.29, 1.82) is 0 Å². The van der Waals surface area contributed by atoms with Crippen LogP contribution in [0, 0.1) is 5.92 Å². The number of ether oxygens (including phenoxy) is 1. The second-order valence-corrected chi connectivity index (χ2v) is 6.29. The standard InChI is InChI=1S/C18H29NO2/c1-4-12-21-17-9-7-16(8-10-17)18(20)13-19-11-5-6-14(2)15(19)3/h7-10,14-15,18,20H,4-6,11-13H2,1-3H3. The van der Waals surface area contributed by atoms with Crippen LogP contribution in [0.4, 0.5) is 0 Å². The Morgan fingerprint density at radius 1 is 1.29 bits per heavy atom. The lowest BCUT2D eigenvalue weighted by atomic mass is 9.91. The van der Waals surface area contributed by atoms with Crippen molar-refractivity contribution in [3.63, 3.8) is 0 Å². The molecule has 118 valence electrons. The molecule has 1 aromatic carbocycles. The molecule has 0 amide bonds. The Bertz CT molecular complexity index is 418. The molecule has 0 saturated carbocycles. The van der Waals surface area contributed by atoms with Crippen molar-refractivity contribution < 1.29 is 9.84 Å². The van der Waals surface area contributed by atoms with Gasteiger partial charge in [0.05, 0.1) is 12.7 Å². The van der Waals surface area contributed by atoms with Crippen molar-refractivity contribution in [2.45, 2.75) is 52.2 Å². The number of nitrogens with zero attached hydrogens (tertiary/aromatic N) is 1. The number of benzene rings is 1. The lowest BCUT2D eigenvalue weighted by Gasteiger charge is -2.39. The summed E-state index contributed by atoms with van der Waals surface area (Å²) in [5, 5.41) is 10.5. The summed E-state index contributed by atoms with van der Waals surface area (Å²) in [6, 6.07) is 8.43. The van der Waals surface area contributed by atoms with E-state index in [1.807, 2.05) is 24.3 Å². The van der Waals surface area contributed by atoms with E-state index in [0.717, 1.165) is 43.3 Å². The van der Waals surface area contributed by atoms with Crippen molar-refractivity contribution in [3.05, 3.63) is 29.8 Å². The minimum Gasteiger partial charge on any atom is -0.494 e. The zero-order valence-corrected chi connectivity index (χ0v) is 13.6. The molecule has 3 atom stereocenters. The molecule has 0 aliphatic carbocycles. The Labute approximate surface area is 128 Å². The fourth-order valence-electron chi connectivity index (χ4n) is 3.01. The number of hydrogen-bond donors (Lipinski definition) is 1. The fraction of sp³-hybridized carbons (Fsp3) is 0.667. The number of hydrogen-bond acceptors (Lipinski definition) is 3. The van der Waals surface area contributed by atoms with Crippen LogP contribution >= 0.6 is 0 Å². The average Bonchev–Trinajstić information content (AvgIpc) is 2.50. The summed E-state index contributed by atoms with van der Waals surface area (Å²) in [5.74, 6) is 1.60. The SMILES string of the molecule is CCCOc1ccc(C(O)CN2CCCC(C)C2C)cc1. The summed E-state index contributed by atoms with van der Waals surface area (Å²) in [7, 11) is 0. The molecular weight excluding hydrogens is 262 g/mol. The minimum atomic E-state index is -0.419. The summed E-state index contributed by atoms with van der Waals surface area (Å²) < 4.78 is 5.58. The monoisotopic (exact) mass is 291 g/mol. The Kier molecular flexibility index (Phi) is 6.07. The highest BCUT2D eigenvalue weighted by Crippen LogP contribution is 2.26. The topological polar surface area (TPSA) is 32.7 Å². The first-order chi connectivity index (χ1) is 10.1. The molecule has 1 heterocycles. The zero-order valence-electron chi connectivity index (χ0n) is 13.6. The molecule has 3 unspecified atom stereocenters. The van der Waals surface area contributed by atoms with E-state index in [1.165, 1.54) is 12.8 Å². The Hall–Kier alpha value is -1.06. The number of β-amino-alcohol motifs (C(OH)–C–C–N with tert-alkyl or cyclic N) is 1. The quantitative estimate of drug-likeness (QED) is 0.868. The van der Waals surface area contributed by atoms with Gasteiger partial charge in [-0.25, -0.2) is 0 Å². The van der Waals surface area contributed by atoms with Crippen molar-refractivity contribution >= 4 is 0 Å².